The number of hydrogen-bond acceptors (Lipinski definition) is 7. The first-order chi connectivity index (χ1) is 14.9. The van der Waals surface area contributed by atoms with E-state index in [1.807, 2.05) is 31.2 Å². The summed E-state index contributed by atoms with van der Waals surface area (Å²) >= 11 is 1.25. The average molecular weight is 457 g/mol. The van der Waals surface area contributed by atoms with Crippen molar-refractivity contribution in [3.63, 3.8) is 0 Å². The molecule has 4 rings (SSSR count). The van der Waals surface area contributed by atoms with E-state index in [1.165, 1.54) is 23.5 Å². The zero-order valence-corrected chi connectivity index (χ0v) is 18.5. The largest absolute Gasteiger partial charge is 0.490 e. The van der Waals surface area contributed by atoms with Crippen LogP contribution in [0, 0.1) is 0 Å². The normalized spacial score (nSPS) is 11.5. The second-order valence-corrected chi connectivity index (χ2v) is 9.78. The minimum absolute atomic E-state index is 0.0313. The van der Waals surface area contributed by atoms with Crippen molar-refractivity contribution in [1.82, 2.24) is 4.98 Å². The van der Waals surface area contributed by atoms with Crippen molar-refractivity contribution in [3.05, 3.63) is 59.5 Å². The van der Waals surface area contributed by atoms with Gasteiger partial charge >= 0.3 is 0 Å². The van der Waals surface area contributed by atoms with Crippen LogP contribution >= 0.6 is 11.3 Å². The summed E-state index contributed by atoms with van der Waals surface area (Å²) in [5.41, 5.74) is 1.48. The molecule has 160 valence electrons. The molecule has 1 N–H and O–H groups in total. The van der Waals surface area contributed by atoms with E-state index in [9.17, 15) is 13.2 Å². The van der Waals surface area contributed by atoms with Gasteiger partial charge in [0.2, 0.25) is 0 Å². The molecule has 7 nitrogen and oxygen atoms in total. The molecule has 0 atom stereocenters. The quantitative estimate of drug-likeness (QED) is 0.420. The lowest BCUT2D eigenvalue weighted by Gasteiger charge is -2.05. The van der Waals surface area contributed by atoms with E-state index in [0.717, 1.165) is 5.39 Å². The minimum Gasteiger partial charge on any atom is -0.490 e. The molecule has 2 aromatic heterocycles. The Morgan fingerprint density at radius 1 is 1.16 bits per heavy atom. The van der Waals surface area contributed by atoms with Gasteiger partial charge in [0.05, 0.1) is 17.3 Å². The number of rotatable bonds is 7. The van der Waals surface area contributed by atoms with Crippen molar-refractivity contribution in [3.8, 4) is 17.2 Å². The second-order valence-electron chi connectivity index (χ2n) is 6.64. The van der Waals surface area contributed by atoms with Crippen LogP contribution in [0.15, 0.2) is 63.2 Å². The smallest absolute Gasteiger partial charge is 0.257 e. The second kappa shape index (κ2) is 8.52. The fourth-order valence-corrected chi connectivity index (χ4v) is 4.66. The average Bonchev–Trinajstić information content (AvgIpc) is 3.41. The third-order valence-corrected chi connectivity index (χ3v) is 7.11. The first-order valence-electron chi connectivity index (χ1n) is 9.66. The lowest BCUT2D eigenvalue weighted by atomic mass is 10.2. The summed E-state index contributed by atoms with van der Waals surface area (Å²) in [4.78, 5) is 17.2. The maximum atomic E-state index is 12.6. The summed E-state index contributed by atoms with van der Waals surface area (Å²) in [7, 11) is -3.40. The van der Waals surface area contributed by atoms with Gasteiger partial charge in [-0.1, -0.05) is 25.1 Å². The third-order valence-electron chi connectivity index (χ3n) is 4.62. The Kier molecular flexibility index (Phi) is 5.79. The van der Waals surface area contributed by atoms with Crippen LogP contribution in [0.25, 0.3) is 22.4 Å². The minimum atomic E-state index is -3.40. The number of anilines is 1. The van der Waals surface area contributed by atoms with Crippen LogP contribution < -0.4 is 10.1 Å². The van der Waals surface area contributed by atoms with Crippen LogP contribution in [0.2, 0.25) is 0 Å². The first kappa shape index (κ1) is 21.1. The molecule has 2 heterocycles. The number of ether oxygens (including phenoxy) is 1. The molecule has 0 unspecified atom stereocenters. The number of nitrogens with zero attached hydrogens (tertiary/aromatic N) is 1. The summed E-state index contributed by atoms with van der Waals surface area (Å²) in [5, 5.41) is 5.78. The lowest BCUT2D eigenvalue weighted by Crippen LogP contribution is -2.13. The lowest BCUT2D eigenvalue weighted by molar-refractivity contribution is 0.102. The van der Waals surface area contributed by atoms with Gasteiger partial charge in [-0.2, -0.15) is 0 Å². The van der Waals surface area contributed by atoms with E-state index >= 15 is 0 Å². The van der Waals surface area contributed by atoms with Crippen LogP contribution in [-0.2, 0) is 9.84 Å². The Morgan fingerprint density at radius 2 is 1.97 bits per heavy atom. The summed E-state index contributed by atoms with van der Waals surface area (Å²) in [6, 6.07) is 13.5. The summed E-state index contributed by atoms with van der Waals surface area (Å²) in [6.45, 7) is 4.00. The van der Waals surface area contributed by atoms with Gasteiger partial charge in [0.15, 0.2) is 32.1 Å². The molecule has 31 heavy (non-hydrogen) atoms. The number of sulfone groups is 1. The Balaban J connectivity index is 1.56. The molecule has 0 spiro atoms. The van der Waals surface area contributed by atoms with Crippen molar-refractivity contribution < 1.29 is 22.4 Å². The summed E-state index contributed by atoms with van der Waals surface area (Å²) in [6.07, 6.45) is 0. The van der Waals surface area contributed by atoms with Crippen LogP contribution in [0.5, 0.6) is 5.75 Å². The van der Waals surface area contributed by atoms with Crippen molar-refractivity contribution in [2.24, 2.45) is 0 Å². The number of aromatic nitrogens is 1. The number of carbonyl (C=O) groups excluding carboxylic acids is 1. The Morgan fingerprint density at radius 3 is 2.74 bits per heavy atom. The molecule has 0 aliphatic carbocycles. The molecule has 2 aromatic carbocycles. The van der Waals surface area contributed by atoms with Gasteiger partial charge in [-0.25, -0.2) is 13.4 Å². The Labute approximate surface area is 183 Å². The van der Waals surface area contributed by atoms with Crippen molar-refractivity contribution >= 4 is 43.2 Å². The summed E-state index contributed by atoms with van der Waals surface area (Å²) in [5.74, 6) is 0.764. The topological polar surface area (TPSA) is 98.5 Å². The number of benzene rings is 2. The van der Waals surface area contributed by atoms with Gasteiger partial charge in [0.1, 0.15) is 5.69 Å². The van der Waals surface area contributed by atoms with E-state index in [1.54, 1.807) is 24.4 Å². The van der Waals surface area contributed by atoms with Gasteiger partial charge in [-0.05, 0) is 37.3 Å². The van der Waals surface area contributed by atoms with E-state index in [4.69, 9.17) is 9.15 Å². The standard InChI is InChI=1S/C22H20N2O5S2/c1-3-28-18-10-6-7-14-12-19(29-20(14)18)17-13-30-22(23-17)24-21(25)15-8-5-9-16(11-15)31(26,27)4-2/h5-13H,3-4H2,1-2H3,(H,23,24,25). The maximum absolute atomic E-state index is 12.6. The third kappa shape index (κ3) is 4.33. The maximum Gasteiger partial charge on any atom is 0.257 e. The SMILES string of the molecule is CCOc1cccc2cc(-c3csc(NC(=O)c4cccc(S(=O)(=O)CC)c4)n3)oc12. The fraction of sp³-hybridized carbons (Fsp3) is 0.182. The molecule has 0 bridgehead atoms. The number of amides is 1. The molecule has 1 amide bonds. The Bertz CT molecular complexity index is 1360. The fourth-order valence-electron chi connectivity index (χ4n) is 3.04. The van der Waals surface area contributed by atoms with Crippen LogP contribution in [0.4, 0.5) is 5.13 Å². The van der Waals surface area contributed by atoms with Crippen molar-refractivity contribution in [1.29, 1.82) is 0 Å². The molecular formula is C22H20N2O5S2. The predicted molar refractivity (Wildman–Crippen MR) is 121 cm³/mol. The number of nitrogens with one attached hydrogen (secondary N) is 1. The molecule has 9 heteroatoms. The van der Waals surface area contributed by atoms with E-state index < -0.39 is 15.7 Å². The highest BCUT2D eigenvalue weighted by molar-refractivity contribution is 7.91. The molecule has 0 saturated carbocycles. The van der Waals surface area contributed by atoms with E-state index in [-0.39, 0.29) is 16.2 Å². The molecule has 0 aliphatic heterocycles. The van der Waals surface area contributed by atoms with Gasteiger partial charge in [0.25, 0.3) is 5.91 Å². The highest BCUT2D eigenvalue weighted by Gasteiger charge is 2.17. The summed E-state index contributed by atoms with van der Waals surface area (Å²) < 4.78 is 35.7. The van der Waals surface area contributed by atoms with Gasteiger partial charge in [0, 0.05) is 16.3 Å². The molecule has 0 radical (unpaired) electrons. The highest BCUT2D eigenvalue weighted by Crippen LogP contribution is 2.34. The Hall–Kier alpha value is -3.17. The van der Waals surface area contributed by atoms with Gasteiger partial charge < -0.3 is 9.15 Å². The number of thiazole rings is 1. The van der Waals surface area contributed by atoms with Crippen LogP contribution in [-0.4, -0.2) is 31.7 Å². The van der Waals surface area contributed by atoms with Crippen molar-refractivity contribution in [2.45, 2.75) is 18.7 Å². The van der Waals surface area contributed by atoms with Gasteiger partial charge in [-0.3, -0.25) is 10.1 Å². The van der Waals surface area contributed by atoms with E-state index in [0.29, 0.717) is 34.5 Å². The predicted octanol–water partition coefficient (Wildman–Crippen LogP) is 5.00. The molecule has 4 aromatic rings. The number of hydrogen-bond donors (Lipinski definition) is 1. The molecule has 0 fully saturated rings. The van der Waals surface area contributed by atoms with Crippen molar-refractivity contribution in [2.75, 3.05) is 17.7 Å². The molecule has 0 saturated heterocycles. The number of carbonyl (C=O) groups is 1. The van der Waals surface area contributed by atoms with Gasteiger partial charge in [-0.15, -0.1) is 11.3 Å². The number of furan rings is 1. The zero-order valence-electron chi connectivity index (χ0n) is 16.9. The zero-order chi connectivity index (χ0) is 22.0. The van der Waals surface area contributed by atoms with Crippen LogP contribution in [0.1, 0.15) is 24.2 Å². The van der Waals surface area contributed by atoms with E-state index in [2.05, 4.69) is 10.3 Å². The molecule has 0 aliphatic rings. The van der Waals surface area contributed by atoms with Crippen LogP contribution in [0.3, 0.4) is 0 Å². The number of para-hydroxylation sites is 1. The number of fused-ring (bicyclic) bond motifs is 1. The highest BCUT2D eigenvalue weighted by atomic mass is 32.2. The monoisotopic (exact) mass is 456 g/mol. The molecular weight excluding hydrogens is 436 g/mol. The first-order valence-corrected chi connectivity index (χ1v) is 12.2.